The van der Waals surface area contributed by atoms with Gasteiger partial charge in [-0.15, -0.1) is 0 Å². The molecule has 1 N–H and O–H groups in total. The van der Waals surface area contributed by atoms with Crippen LogP contribution in [-0.4, -0.2) is 35.2 Å². The number of aliphatic hydroxyl groups is 1. The van der Waals surface area contributed by atoms with Crippen LogP contribution in [0.15, 0.2) is 65.8 Å². The topological polar surface area (TPSA) is 72.2 Å². The van der Waals surface area contributed by atoms with Gasteiger partial charge in [0, 0.05) is 17.5 Å². The summed E-state index contributed by atoms with van der Waals surface area (Å²) < 4.78 is 0. The molecule has 0 radical (unpaired) electrons. The molecule has 1 heterocycles. The van der Waals surface area contributed by atoms with Gasteiger partial charge in [0.25, 0.3) is 0 Å². The number of aliphatic hydroxyl groups excluding tert-OH is 1. The van der Waals surface area contributed by atoms with E-state index in [0.29, 0.717) is 13.0 Å². The van der Waals surface area contributed by atoms with Gasteiger partial charge in [0.1, 0.15) is 0 Å². The van der Waals surface area contributed by atoms with E-state index in [9.17, 15) is 5.11 Å². The first kappa shape index (κ1) is 17.5. The van der Waals surface area contributed by atoms with Gasteiger partial charge in [0.05, 0.1) is 12.1 Å². The fourth-order valence-electron chi connectivity index (χ4n) is 3.61. The highest BCUT2D eigenvalue weighted by Gasteiger charge is 2.31. The largest absolute Gasteiger partial charge is 0.391 e. The predicted molar refractivity (Wildman–Crippen MR) is 99.1 cm³/mol. The van der Waals surface area contributed by atoms with Crippen LogP contribution in [0.5, 0.6) is 0 Å². The number of aryl methyl sites for hydroxylation is 1. The molecule has 25 heavy (non-hydrogen) atoms. The third kappa shape index (κ3) is 4.60. The monoisotopic (exact) mass is 336 g/mol. The number of nitrogens with zero attached hydrogens (tertiary/aromatic N) is 4. The molecule has 2 aromatic rings. The molecule has 1 fully saturated rings. The minimum absolute atomic E-state index is 0.253. The summed E-state index contributed by atoms with van der Waals surface area (Å²) in [7, 11) is 0. The molecule has 130 valence electrons. The molecule has 1 unspecified atom stereocenters. The molecule has 0 saturated carbocycles. The lowest BCUT2D eigenvalue weighted by atomic mass is 9.94. The molecule has 0 spiro atoms. The Kier molecular flexibility index (Phi) is 6.07. The maximum atomic E-state index is 10.3. The average molecular weight is 336 g/mol. The normalized spacial score (nSPS) is 22.1. The molecule has 5 heteroatoms. The van der Waals surface area contributed by atoms with E-state index in [1.807, 2.05) is 12.1 Å². The number of hydrogen-bond donors (Lipinski definition) is 1. The summed E-state index contributed by atoms with van der Waals surface area (Å²) in [5, 5.41) is 14.1. The van der Waals surface area contributed by atoms with E-state index in [4.69, 9.17) is 5.53 Å². The Balaban J connectivity index is 1.74. The number of benzene rings is 2. The lowest BCUT2D eigenvalue weighted by Crippen LogP contribution is -2.47. The zero-order valence-electron chi connectivity index (χ0n) is 14.3. The lowest BCUT2D eigenvalue weighted by Gasteiger charge is -2.39. The van der Waals surface area contributed by atoms with Crippen molar-refractivity contribution in [3.05, 3.63) is 82.2 Å². The molecular formula is C20H24N4O. The number of piperidine rings is 1. The standard InChI is InChI=1S/C20H24N4O/c21-23-22-18-13-14-24(15-20(18)25)19(17-9-5-2-6-10-17)12-11-16-7-3-1-4-8-16/h1-10,18-20,25H,11-15H2/t18-,19?,20-/m1/s1. The van der Waals surface area contributed by atoms with Crippen molar-refractivity contribution in [3.63, 3.8) is 0 Å². The predicted octanol–water partition coefficient (Wildman–Crippen LogP) is 4.11. The quantitative estimate of drug-likeness (QED) is 0.490. The van der Waals surface area contributed by atoms with Crippen LogP contribution in [0.3, 0.4) is 0 Å². The van der Waals surface area contributed by atoms with E-state index >= 15 is 0 Å². The maximum absolute atomic E-state index is 10.3. The van der Waals surface area contributed by atoms with Gasteiger partial charge in [0.2, 0.25) is 0 Å². The average Bonchev–Trinajstić information content (AvgIpc) is 2.66. The van der Waals surface area contributed by atoms with Crippen molar-refractivity contribution in [2.45, 2.75) is 37.5 Å². The Labute approximate surface area is 148 Å². The summed E-state index contributed by atoms with van der Waals surface area (Å²) in [6.07, 6.45) is 2.08. The van der Waals surface area contributed by atoms with E-state index in [-0.39, 0.29) is 12.1 Å². The summed E-state index contributed by atoms with van der Waals surface area (Å²) in [5.74, 6) is 0. The van der Waals surface area contributed by atoms with E-state index in [1.54, 1.807) is 0 Å². The Morgan fingerprint density at radius 2 is 1.80 bits per heavy atom. The summed E-state index contributed by atoms with van der Waals surface area (Å²) >= 11 is 0. The van der Waals surface area contributed by atoms with Gasteiger partial charge >= 0.3 is 0 Å². The van der Waals surface area contributed by atoms with Crippen molar-refractivity contribution in [2.75, 3.05) is 13.1 Å². The van der Waals surface area contributed by atoms with Crippen LogP contribution in [0.25, 0.3) is 10.4 Å². The number of β-amino-alcohol motifs (C(OH)–C–C–N with tert-alkyl or cyclic N) is 1. The van der Waals surface area contributed by atoms with E-state index in [2.05, 4.69) is 63.5 Å². The SMILES string of the molecule is [N-]=[N+]=N[C@@H]1CCN(C(CCc2ccccc2)c2ccccc2)C[C@H]1O. The summed E-state index contributed by atoms with van der Waals surface area (Å²) in [6.45, 7) is 1.37. The van der Waals surface area contributed by atoms with Crippen molar-refractivity contribution < 1.29 is 5.11 Å². The second-order valence-corrected chi connectivity index (χ2v) is 6.57. The Morgan fingerprint density at radius 1 is 1.12 bits per heavy atom. The molecule has 3 rings (SSSR count). The van der Waals surface area contributed by atoms with Crippen LogP contribution in [0.1, 0.15) is 30.0 Å². The van der Waals surface area contributed by atoms with Gasteiger partial charge in [-0.1, -0.05) is 65.8 Å². The van der Waals surface area contributed by atoms with Crippen LogP contribution in [-0.2, 0) is 6.42 Å². The minimum Gasteiger partial charge on any atom is -0.391 e. The van der Waals surface area contributed by atoms with E-state index < -0.39 is 6.10 Å². The van der Waals surface area contributed by atoms with Gasteiger partial charge in [-0.05, 0) is 42.5 Å². The Bertz CT molecular complexity index is 700. The molecule has 1 aliphatic rings. The molecular weight excluding hydrogens is 312 g/mol. The molecule has 5 nitrogen and oxygen atoms in total. The van der Waals surface area contributed by atoms with Gasteiger partial charge in [-0.2, -0.15) is 0 Å². The fraction of sp³-hybridized carbons (Fsp3) is 0.400. The second kappa shape index (κ2) is 8.67. The Morgan fingerprint density at radius 3 is 2.44 bits per heavy atom. The summed E-state index contributed by atoms with van der Waals surface area (Å²) in [5.41, 5.74) is 11.2. The van der Waals surface area contributed by atoms with Crippen LogP contribution < -0.4 is 0 Å². The van der Waals surface area contributed by atoms with Gasteiger partial charge in [-0.25, -0.2) is 0 Å². The van der Waals surface area contributed by atoms with Crippen molar-refractivity contribution in [2.24, 2.45) is 5.11 Å². The smallest absolute Gasteiger partial charge is 0.0752 e. The first-order valence-electron chi connectivity index (χ1n) is 8.83. The number of azide groups is 1. The van der Waals surface area contributed by atoms with Crippen molar-refractivity contribution in [1.29, 1.82) is 0 Å². The van der Waals surface area contributed by atoms with E-state index in [1.165, 1.54) is 11.1 Å². The van der Waals surface area contributed by atoms with Crippen molar-refractivity contribution in [3.8, 4) is 0 Å². The highest BCUT2D eigenvalue weighted by atomic mass is 16.3. The van der Waals surface area contributed by atoms with Crippen molar-refractivity contribution >= 4 is 0 Å². The molecule has 3 atom stereocenters. The molecule has 0 amide bonds. The first-order valence-corrected chi connectivity index (χ1v) is 8.83. The summed E-state index contributed by atoms with van der Waals surface area (Å²) in [6, 6.07) is 20.9. The molecule has 1 saturated heterocycles. The third-order valence-corrected chi connectivity index (χ3v) is 4.95. The maximum Gasteiger partial charge on any atom is 0.0752 e. The highest BCUT2D eigenvalue weighted by Crippen LogP contribution is 2.29. The fourth-order valence-corrected chi connectivity index (χ4v) is 3.61. The van der Waals surface area contributed by atoms with Gasteiger partial charge in [0.15, 0.2) is 0 Å². The molecule has 2 aromatic carbocycles. The van der Waals surface area contributed by atoms with Crippen LogP contribution >= 0.6 is 0 Å². The van der Waals surface area contributed by atoms with Crippen molar-refractivity contribution in [1.82, 2.24) is 4.90 Å². The van der Waals surface area contributed by atoms with Crippen LogP contribution in [0.4, 0.5) is 0 Å². The van der Waals surface area contributed by atoms with Crippen LogP contribution in [0.2, 0.25) is 0 Å². The number of likely N-dealkylation sites (tertiary alicyclic amines) is 1. The highest BCUT2D eigenvalue weighted by molar-refractivity contribution is 5.21. The van der Waals surface area contributed by atoms with Gasteiger partial charge in [-0.3, -0.25) is 4.90 Å². The number of rotatable bonds is 6. The van der Waals surface area contributed by atoms with Gasteiger partial charge < -0.3 is 5.11 Å². The lowest BCUT2D eigenvalue weighted by molar-refractivity contribution is 0.0293. The third-order valence-electron chi connectivity index (χ3n) is 4.95. The molecule has 0 aliphatic carbocycles. The van der Waals surface area contributed by atoms with Crippen LogP contribution in [0, 0.1) is 0 Å². The number of hydrogen-bond acceptors (Lipinski definition) is 3. The molecule has 0 bridgehead atoms. The zero-order valence-corrected chi connectivity index (χ0v) is 14.3. The van der Waals surface area contributed by atoms with E-state index in [0.717, 1.165) is 19.4 Å². The first-order chi connectivity index (χ1) is 12.3. The zero-order chi connectivity index (χ0) is 17.5. The minimum atomic E-state index is -0.604. The Hall–Kier alpha value is -2.33. The summed E-state index contributed by atoms with van der Waals surface area (Å²) in [4.78, 5) is 5.19. The second-order valence-electron chi connectivity index (χ2n) is 6.57. The molecule has 0 aromatic heterocycles. The molecule has 1 aliphatic heterocycles.